The molecular formula is C13H16N2O3. The largest absolute Gasteiger partial charge is 0.482 e. The van der Waals surface area contributed by atoms with E-state index in [4.69, 9.17) is 4.74 Å². The molecule has 0 saturated heterocycles. The van der Waals surface area contributed by atoms with Gasteiger partial charge in [0.2, 0.25) is 5.91 Å². The highest BCUT2D eigenvalue weighted by molar-refractivity contribution is 5.90. The summed E-state index contributed by atoms with van der Waals surface area (Å²) >= 11 is 0. The summed E-state index contributed by atoms with van der Waals surface area (Å²) in [5, 5.41) is 5.49. The van der Waals surface area contributed by atoms with Crippen LogP contribution in [0.15, 0.2) is 24.3 Å². The van der Waals surface area contributed by atoms with Crippen molar-refractivity contribution in [2.45, 2.75) is 25.8 Å². The zero-order valence-corrected chi connectivity index (χ0v) is 10.2. The number of amides is 2. The lowest BCUT2D eigenvalue weighted by Crippen LogP contribution is -2.30. The van der Waals surface area contributed by atoms with Gasteiger partial charge in [-0.05, 0) is 25.0 Å². The van der Waals surface area contributed by atoms with Gasteiger partial charge in [-0.3, -0.25) is 9.59 Å². The molecule has 0 unspecified atom stereocenters. The van der Waals surface area contributed by atoms with Crippen LogP contribution in [0.3, 0.4) is 0 Å². The smallest absolute Gasteiger partial charge is 0.258 e. The first-order chi connectivity index (χ1) is 8.65. The minimum atomic E-state index is -0.173. The molecule has 1 aliphatic carbocycles. The van der Waals surface area contributed by atoms with E-state index >= 15 is 0 Å². The van der Waals surface area contributed by atoms with Crippen LogP contribution >= 0.6 is 0 Å². The molecule has 0 aromatic heterocycles. The zero-order valence-electron chi connectivity index (χ0n) is 10.2. The Labute approximate surface area is 106 Å². The van der Waals surface area contributed by atoms with Crippen molar-refractivity contribution in [2.24, 2.45) is 0 Å². The van der Waals surface area contributed by atoms with Gasteiger partial charge in [0.25, 0.3) is 5.91 Å². The van der Waals surface area contributed by atoms with Crippen molar-refractivity contribution in [3.63, 3.8) is 0 Å². The van der Waals surface area contributed by atoms with Crippen LogP contribution in [0.25, 0.3) is 0 Å². The van der Waals surface area contributed by atoms with E-state index < -0.39 is 0 Å². The van der Waals surface area contributed by atoms with Crippen molar-refractivity contribution in [3.05, 3.63) is 24.3 Å². The van der Waals surface area contributed by atoms with E-state index in [9.17, 15) is 9.59 Å². The maximum Gasteiger partial charge on any atom is 0.258 e. The van der Waals surface area contributed by atoms with Crippen LogP contribution in [0.5, 0.6) is 5.75 Å². The van der Waals surface area contributed by atoms with Gasteiger partial charge < -0.3 is 15.4 Å². The number of hydrogen-bond acceptors (Lipinski definition) is 3. The van der Waals surface area contributed by atoms with Crippen molar-refractivity contribution in [1.82, 2.24) is 5.32 Å². The molecule has 5 nitrogen and oxygen atoms in total. The Morgan fingerprint density at radius 3 is 2.72 bits per heavy atom. The molecule has 0 heterocycles. The third kappa shape index (κ3) is 3.76. The van der Waals surface area contributed by atoms with Gasteiger partial charge in [-0.15, -0.1) is 0 Å². The predicted molar refractivity (Wildman–Crippen MR) is 67.4 cm³/mol. The first-order valence-electron chi connectivity index (χ1n) is 5.94. The van der Waals surface area contributed by atoms with Crippen LogP contribution in [-0.2, 0) is 9.59 Å². The lowest BCUT2D eigenvalue weighted by molar-refractivity contribution is -0.123. The minimum Gasteiger partial charge on any atom is -0.482 e. The highest BCUT2D eigenvalue weighted by Gasteiger charge is 2.23. The standard InChI is InChI=1S/C13H16N2O3/c1-9(16)14-11-4-2-3-5-12(11)18-8-13(17)15-10-6-7-10/h2-5,10H,6-8H2,1H3,(H,14,16)(H,15,17). The summed E-state index contributed by atoms with van der Waals surface area (Å²) in [6.07, 6.45) is 2.10. The fourth-order valence-electron chi connectivity index (χ4n) is 1.53. The van der Waals surface area contributed by atoms with Crippen LogP contribution in [-0.4, -0.2) is 24.5 Å². The fourth-order valence-corrected chi connectivity index (χ4v) is 1.53. The molecule has 0 atom stereocenters. The molecule has 2 rings (SSSR count). The maximum absolute atomic E-state index is 11.5. The normalized spacial score (nSPS) is 13.8. The number of carbonyl (C=O) groups excluding carboxylic acids is 2. The number of nitrogens with one attached hydrogen (secondary N) is 2. The Morgan fingerprint density at radius 2 is 2.06 bits per heavy atom. The van der Waals surface area contributed by atoms with E-state index in [0.29, 0.717) is 17.5 Å². The van der Waals surface area contributed by atoms with Gasteiger partial charge in [0.15, 0.2) is 6.61 Å². The van der Waals surface area contributed by atoms with E-state index in [0.717, 1.165) is 12.8 Å². The molecule has 0 aliphatic heterocycles. The van der Waals surface area contributed by atoms with Gasteiger partial charge in [0, 0.05) is 13.0 Å². The monoisotopic (exact) mass is 248 g/mol. The van der Waals surface area contributed by atoms with Crippen molar-refractivity contribution in [3.8, 4) is 5.75 Å². The molecule has 1 aromatic rings. The van der Waals surface area contributed by atoms with Crippen molar-refractivity contribution < 1.29 is 14.3 Å². The molecular weight excluding hydrogens is 232 g/mol. The average Bonchev–Trinajstić information content (AvgIpc) is 3.11. The number of para-hydroxylation sites is 2. The Balaban J connectivity index is 1.90. The summed E-state index contributed by atoms with van der Waals surface area (Å²) in [6, 6.07) is 7.36. The molecule has 18 heavy (non-hydrogen) atoms. The average molecular weight is 248 g/mol. The van der Waals surface area contributed by atoms with Crippen LogP contribution in [0.1, 0.15) is 19.8 Å². The van der Waals surface area contributed by atoms with E-state index in [1.54, 1.807) is 24.3 Å². The molecule has 96 valence electrons. The number of ether oxygens (including phenoxy) is 1. The summed E-state index contributed by atoms with van der Waals surface area (Å²) in [5.41, 5.74) is 0.573. The van der Waals surface area contributed by atoms with Gasteiger partial charge in [-0.1, -0.05) is 12.1 Å². The van der Waals surface area contributed by atoms with Gasteiger partial charge in [-0.25, -0.2) is 0 Å². The second-order valence-electron chi connectivity index (χ2n) is 4.31. The summed E-state index contributed by atoms with van der Waals surface area (Å²) < 4.78 is 5.40. The lowest BCUT2D eigenvalue weighted by Gasteiger charge is -2.11. The Morgan fingerprint density at radius 1 is 1.33 bits per heavy atom. The predicted octanol–water partition coefficient (Wildman–Crippen LogP) is 1.30. The maximum atomic E-state index is 11.5. The van der Waals surface area contributed by atoms with Gasteiger partial charge in [0.05, 0.1) is 5.69 Å². The molecule has 2 amide bonds. The molecule has 1 aliphatic rings. The molecule has 0 bridgehead atoms. The van der Waals surface area contributed by atoms with E-state index in [2.05, 4.69) is 10.6 Å². The fraction of sp³-hybridized carbons (Fsp3) is 0.385. The second-order valence-corrected chi connectivity index (χ2v) is 4.31. The van der Waals surface area contributed by atoms with Crippen molar-refractivity contribution in [1.29, 1.82) is 0 Å². The number of carbonyl (C=O) groups is 2. The molecule has 1 saturated carbocycles. The minimum absolute atomic E-state index is 0.0346. The van der Waals surface area contributed by atoms with E-state index in [-0.39, 0.29) is 18.4 Å². The molecule has 1 fully saturated rings. The Bertz CT molecular complexity index is 455. The third-order valence-electron chi connectivity index (χ3n) is 2.50. The van der Waals surface area contributed by atoms with Crippen LogP contribution in [0, 0.1) is 0 Å². The SMILES string of the molecule is CC(=O)Nc1ccccc1OCC(=O)NC1CC1. The topological polar surface area (TPSA) is 67.4 Å². The van der Waals surface area contributed by atoms with Crippen molar-refractivity contribution >= 4 is 17.5 Å². The van der Waals surface area contributed by atoms with Gasteiger partial charge in [-0.2, -0.15) is 0 Å². The molecule has 2 N–H and O–H groups in total. The van der Waals surface area contributed by atoms with Gasteiger partial charge >= 0.3 is 0 Å². The number of rotatable bonds is 5. The van der Waals surface area contributed by atoms with Crippen LogP contribution in [0.2, 0.25) is 0 Å². The zero-order chi connectivity index (χ0) is 13.0. The molecule has 0 spiro atoms. The molecule has 5 heteroatoms. The highest BCUT2D eigenvalue weighted by atomic mass is 16.5. The van der Waals surface area contributed by atoms with Crippen molar-refractivity contribution in [2.75, 3.05) is 11.9 Å². The number of benzene rings is 1. The van der Waals surface area contributed by atoms with Crippen LogP contribution < -0.4 is 15.4 Å². The first-order valence-corrected chi connectivity index (χ1v) is 5.94. The number of anilines is 1. The molecule has 0 radical (unpaired) electrons. The first kappa shape index (κ1) is 12.4. The Hall–Kier alpha value is -2.04. The molecule has 1 aromatic carbocycles. The van der Waals surface area contributed by atoms with Crippen LogP contribution in [0.4, 0.5) is 5.69 Å². The van der Waals surface area contributed by atoms with Gasteiger partial charge in [0.1, 0.15) is 5.75 Å². The summed E-state index contributed by atoms with van der Waals surface area (Å²) in [6.45, 7) is 1.39. The summed E-state index contributed by atoms with van der Waals surface area (Å²) in [5.74, 6) is 0.197. The highest BCUT2D eigenvalue weighted by Crippen LogP contribution is 2.23. The number of hydrogen-bond donors (Lipinski definition) is 2. The lowest BCUT2D eigenvalue weighted by atomic mass is 10.3. The summed E-state index contributed by atoms with van der Waals surface area (Å²) in [7, 11) is 0. The van der Waals surface area contributed by atoms with E-state index in [1.165, 1.54) is 6.92 Å². The Kier molecular flexibility index (Phi) is 3.82. The summed E-state index contributed by atoms with van der Waals surface area (Å²) in [4.78, 5) is 22.5. The quantitative estimate of drug-likeness (QED) is 0.825. The second kappa shape index (κ2) is 5.53. The van der Waals surface area contributed by atoms with E-state index in [1.807, 2.05) is 0 Å². The third-order valence-corrected chi connectivity index (χ3v) is 2.50.